The lowest BCUT2D eigenvalue weighted by Gasteiger charge is -2.17. The van der Waals surface area contributed by atoms with E-state index in [2.05, 4.69) is 31.2 Å². The Morgan fingerprint density at radius 1 is 1.24 bits per heavy atom. The number of hydrogen-bond acceptors (Lipinski definition) is 3. The second-order valence-corrected chi connectivity index (χ2v) is 5.32. The Labute approximate surface area is 126 Å². The zero-order chi connectivity index (χ0) is 15.2. The molecule has 0 bridgehead atoms. The van der Waals surface area contributed by atoms with Crippen molar-refractivity contribution in [3.63, 3.8) is 0 Å². The quantitative estimate of drug-likeness (QED) is 0.819. The van der Waals surface area contributed by atoms with Crippen LogP contribution in [-0.2, 0) is 9.53 Å². The Balaban J connectivity index is 2.10. The third-order valence-corrected chi connectivity index (χ3v) is 3.76. The van der Waals surface area contributed by atoms with Gasteiger partial charge in [-0.25, -0.2) is 0 Å². The van der Waals surface area contributed by atoms with Gasteiger partial charge in [-0.15, -0.1) is 0 Å². The van der Waals surface area contributed by atoms with Crippen molar-refractivity contribution in [1.82, 2.24) is 0 Å². The van der Waals surface area contributed by atoms with Gasteiger partial charge in [0.2, 0.25) is 0 Å². The van der Waals surface area contributed by atoms with Gasteiger partial charge in [0.1, 0.15) is 0 Å². The highest BCUT2D eigenvalue weighted by molar-refractivity contribution is 5.87. The van der Waals surface area contributed by atoms with E-state index in [4.69, 9.17) is 10.5 Å². The van der Waals surface area contributed by atoms with Gasteiger partial charge in [0.05, 0.1) is 6.61 Å². The van der Waals surface area contributed by atoms with Crippen LogP contribution in [0.1, 0.15) is 43.4 Å². The maximum atomic E-state index is 11.4. The molecule has 2 N–H and O–H groups in total. The second-order valence-electron chi connectivity index (χ2n) is 5.32. The summed E-state index contributed by atoms with van der Waals surface area (Å²) in [5.74, 6) is -0.139. The summed E-state index contributed by atoms with van der Waals surface area (Å²) in [4.78, 5) is 11.4. The zero-order valence-electron chi connectivity index (χ0n) is 12.8. The van der Waals surface area contributed by atoms with Crippen molar-refractivity contribution >= 4 is 16.7 Å². The lowest BCUT2D eigenvalue weighted by molar-refractivity contribution is -0.143. The maximum Gasteiger partial charge on any atom is 0.305 e. The van der Waals surface area contributed by atoms with Crippen molar-refractivity contribution in [2.75, 3.05) is 6.61 Å². The third-order valence-electron chi connectivity index (χ3n) is 3.76. The molecule has 2 aromatic carbocycles. The fourth-order valence-electron chi connectivity index (χ4n) is 2.74. The van der Waals surface area contributed by atoms with Gasteiger partial charge in [-0.3, -0.25) is 4.79 Å². The summed E-state index contributed by atoms with van der Waals surface area (Å²) in [6.45, 7) is 4.35. The van der Waals surface area contributed by atoms with Gasteiger partial charge in [0.15, 0.2) is 0 Å². The average molecular weight is 285 g/mol. The molecule has 0 spiro atoms. The van der Waals surface area contributed by atoms with E-state index in [0.29, 0.717) is 13.0 Å². The summed E-state index contributed by atoms with van der Waals surface area (Å²) in [5, 5.41) is 2.42. The molecule has 0 heterocycles. The number of aryl methyl sites for hydroxylation is 1. The fourth-order valence-corrected chi connectivity index (χ4v) is 2.74. The molecule has 0 saturated carbocycles. The molecule has 0 aliphatic heterocycles. The SMILES string of the molecule is CCOC(=O)CCCC(N)c1c(C)ccc2ccccc12. The summed E-state index contributed by atoms with van der Waals surface area (Å²) in [5.41, 5.74) is 8.77. The number of hydrogen-bond donors (Lipinski definition) is 1. The van der Waals surface area contributed by atoms with Gasteiger partial charge in [-0.05, 0) is 48.6 Å². The van der Waals surface area contributed by atoms with Crippen LogP contribution in [0.5, 0.6) is 0 Å². The highest BCUT2D eigenvalue weighted by Crippen LogP contribution is 2.29. The molecule has 0 saturated heterocycles. The van der Waals surface area contributed by atoms with Gasteiger partial charge < -0.3 is 10.5 Å². The lowest BCUT2D eigenvalue weighted by Crippen LogP contribution is -2.13. The Morgan fingerprint density at radius 3 is 2.76 bits per heavy atom. The highest BCUT2D eigenvalue weighted by Gasteiger charge is 2.13. The van der Waals surface area contributed by atoms with Gasteiger partial charge in [-0.1, -0.05) is 36.4 Å². The molecular weight excluding hydrogens is 262 g/mol. The summed E-state index contributed by atoms with van der Waals surface area (Å²) in [6.07, 6.45) is 1.97. The number of benzene rings is 2. The van der Waals surface area contributed by atoms with E-state index in [-0.39, 0.29) is 12.0 Å². The Kier molecular flexibility index (Phi) is 5.34. The molecule has 21 heavy (non-hydrogen) atoms. The molecular formula is C18H23NO2. The number of nitrogens with two attached hydrogens (primary N) is 1. The van der Waals surface area contributed by atoms with Crippen LogP contribution in [-0.4, -0.2) is 12.6 Å². The van der Waals surface area contributed by atoms with E-state index >= 15 is 0 Å². The van der Waals surface area contributed by atoms with Crippen molar-refractivity contribution in [3.8, 4) is 0 Å². The Hall–Kier alpha value is -1.87. The van der Waals surface area contributed by atoms with Crippen LogP contribution in [0.3, 0.4) is 0 Å². The molecule has 1 atom stereocenters. The summed E-state index contributed by atoms with van der Waals surface area (Å²) >= 11 is 0. The minimum Gasteiger partial charge on any atom is -0.466 e. The van der Waals surface area contributed by atoms with E-state index in [9.17, 15) is 4.79 Å². The second kappa shape index (κ2) is 7.23. The molecule has 112 valence electrons. The molecule has 0 aromatic heterocycles. The van der Waals surface area contributed by atoms with Gasteiger partial charge in [0, 0.05) is 12.5 Å². The molecule has 0 aliphatic carbocycles. The number of carbonyl (C=O) groups excluding carboxylic acids is 1. The number of rotatable bonds is 6. The van der Waals surface area contributed by atoms with Gasteiger partial charge in [0.25, 0.3) is 0 Å². The number of ether oxygens (including phenoxy) is 1. The smallest absolute Gasteiger partial charge is 0.305 e. The number of carbonyl (C=O) groups is 1. The van der Waals surface area contributed by atoms with Crippen molar-refractivity contribution in [3.05, 3.63) is 47.5 Å². The van der Waals surface area contributed by atoms with Crippen LogP contribution in [0.4, 0.5) is 0 Å². The first kappa shape index (κ1) is 15.5. The van der Waals surface area contributed by atoms with E-state index in [1.165, 1.54) is 21.9 Å². The van der Waals surface area contributed by atoms with Crippen LogP contribution >= 0.6 is 0 Å². The maximum absolute atomic E-state index is 11.4. The molecule has 0 aliphatic rings. The molecule has 0 radical (unpaired) electrons. The first-order chi connectivity index (χ1) is 10.1. The third kappa shape index (κ3) is 3.82. The van der Waals surface area contributed by atoms with E-state index < -0.39 is 0 Å². The van der Waals surface area contributed by atoms with Crippen LogP contribution in [0.2, 0.25) is 0 Å². The van der Waals surface area contributed by atoms with Crippen LogP contribution in [0.15, 0.2) is 36.4 Å². The molecule has 1 unspecified atom stereocenters. The van der Waals surface area contributed by atoms with Crippen molar-refractivity contribution < 1.29 is 9.53 Å². The Bertz CT molecular complexity index is 622. The standard InChI is InChI=1S/C18H23NO2/c1-3-21-17(20)10-6-9-16(19)18-13(2)11-12-14-7-4-5-8-15(14)18/h4-5,7-8,11-12,16H,3,6,9-10,19H2,1-2H3. The fraction of sp³-hybridized carbons (Fsp3) is 0.389. The topological polar surface area (TPSA) is 52.3 Å². The van der Waals surface area contributed by atoms with Crippen LogP contribution in [0, 0.1) is 6.92 Å². The highest BCUT2D eigenvalue weighted by atomic mass is 16.5. The number of esters is 1. The van der Waals surface area contributed by atoms with E-state index in [1.54, 1.807) is 0 Å². The summed E-state index contributed by atoms with van der Waals surface area (Å²) in [6, 6.07) is 12.5. The predicted octanol–water partition coefficient (Wildman–Crippen LogP) is 3.88. The predicted molar refractivity (Wildman–Crippen MR) is 86.1 cm³/mol. The first-order valence-corrected chi connectivity index (χ1v) is 7.53. The Morgan fingerprint density at radius 2 is 2.00 bits per heavy atom. The van der Waals surface area contributed by atoms with Crippen molar-refractivity contribution in [1.29, 1.82) is 0 Å². The molecule has 0 fully saturated rings. The normalized spacial score (nSPS) is 12.3. The molecule has 3 nitrogen and oxygen atoms in total. The minimum atomic E-state index is -0.139. The first-order valence-electron chi connectivity index (χ1n) is 7.53. The minimum absolute atomic E-state index is 0.0504. The van der Waals surface area contributed by atoms with Crippen LogP contribution in [0.25, 0.3) is 10.8 Å². The van der Waals surface area contributed by atoms with Crippen molar-refractivity contribution in [2.24, 2.45) is 5.73 Å². The van der Waals surface area contributed by atoms with E-state index in [0.717, 1.165) is 12.8 Å². The molecule has 2 aromatic rings. The summed E-state index contributed by atoms with van der Waals surface area (Å²) in [7, 11) is 0. The average Bonchev–Trinajstić information content (AvgIpc) is 2.47. The lowest BCUT2D eigenvalue weighted by atomic mass is 9.92. The molecule has 2 rings (SSSR count). The zero-order valence-corrected chi connectivity index (χ0v) is 12.8. The largest absolute Gasteiger partial charge is 0.466 e. The van der Waals surface area contributed by atoms with E-state index in [1.807, 2.05) is 19.1 Å². The van der Waals surface area contributed by atoms with Crippen molar-refractivity contribution in [2.45, 2.75) is 39.2 Å². The molecule has 0 amide bonds. The molecule has 3 heteroatoms. The monoisotopic (exact) mass is 285 g/mol. The number of fused-ring (bicyclic) bond motifs is 1. The van der Waals surface area contributed by atoms with Gasteiger partial charge >= 0.3 is 5.97 Å². The van der Waals surface area contributed by atoms with Crippen LogP contribution < -0.4 is 5.73 Å². The van der Waals surface area contributed by atoms with Gasteiger partial charge in [-0.2, -0.15) is 0 Å². The summed E-state index contributed by atoms with van der Waals surface area (Å²) < 4.78 is 4.94.